The van der Waals surface area contributed by atoms with Crippen LogP contribution in [0.15, 0.2) is 72.8 Å². The molecule has 0 aromatic heterocycles. The van der Waals surface area contributed by atoms with Crippen molar-refractivity contribution in [1.82, 2.24) is 0 Å². The van der Waals surface area contributed by atoms with Gasteiger partial charge in [0.25, 0.3) is 5.91 Å². The minimum atomic E-state index is -1.39. The number of ether oxygens (including phenoxy) is 1. The van der Waals surface area contributed by atoms with E-state index in [4.69, 9.17) is 10.5 Å². The smallest absolute Gasteiger partial charge is 0.337 e. The zero-order valence-corrected chi connectivity index (χ0v) is 22.3. The number of methoxy groups -OCH3 is 1. The van der Waals surface area contributed by atoms with Gasteiger partial charge in [-0.3, -0.25) is 9.59 Å². The van der Waals surface area contributed by atoms with Crippen molar-refractivity contribution >= 4 is 46.1 Å². The standard InChI is InChI=1S/C30H32N4O6/c1-34(29(39)30(31,14-16-35)15-17-36)22-11-9-21(10-12-22)32-26(19-6-4-3-5-7-19)25-23-13-8-20(28(38)40-2)18-24(23)33-27(25)37/h3-13,18,32,35-36H,14-17,31H2,1-2H3,(H,33,37). The molecule has 0 spiro atoms. The molecule has 4 rings (SSSR count). The minimum Gasteiger partial charge on any atom is -0.465 e. The fourth-order valence-electron chi connectivity index (χ4n) is 4.65. The summed E-state index contributed by atoms with van der Waals surface area (Å²) in [5.74, 6) is -1.25. The van der Waals surface area contributed by atoms with Crippen LogP contribution in [-0.2, 0) is 14.3 Å². The summed E-state index contributed by atoms with van der Waals surface area (Å²) in [5, 5.41) is 24.9. The van der Waals surface area contributed by atoms with E-state index in [1.54, 1.807) is 49.5 Å². The lowest BCUT2D eigenvalue weighted by Crippen LogP contribution is -2.55. The molecule has 0 bridgehead atoms. The van der Waals surface area contributed by atoms with Crippen molar-refractivity contribution in [3.05, 3.63) is 89.5 Å². The normalized spacial score (nSPS) is 13.8. The van der Waals surface area contributed by atoms with Gasteiger partial charge >= 0.3 is 5.97 Å². The van der Waals surface area contributed by atoms with Crippen LogP contribution in [0.5, 0.6) is 0 Å². The van der Waals surface area contributed by atoms with Gasteiger partial charge in [-0.15, -0.1) is 0 Å². The summed E-state index contributed by atoms with van der Waals surface area (Å²) >= 11 is 0. The van der Waals surface area contributed by atoms with Crippen LogP contribution in [0.25, 0.3) is 11.3 Å². The summed E-state index contributed by atoms with van der Waals surface area (Å²) in [5.41, 5.74) is 9.27. The molecule has 0 saturated carbocycles. The van der Waals surface area contributed by atoms with Crippen LogP contribution in [0.3, 0.4) is 0 Å². The van der Waals surface area contributed by atoms with Gasteiger partial charge in [-0.1, -0.05) is 36.4 Å². The Bertz CT molecular complexity index is 1430. The molecule has 0 atom stereocenters. The fourth-order valence-corrected chi connectivity index (χ4v) is 4.65. The predicted octanol–water partition coefficient (Wildman–Crippen LogP) is 2.83. The average molecular weight is 545 g/mol. The number of aliphatic hydroxyl groups is 2. The number of hydrogen-bond acceptors (Lipinski definition) is 8. The highest BCUT2D eigenvalue weighted by molar-refractivity contribution is 6.37. The number of aliphatic hydroxyl groups excluding tert-OH is 2. The van der Waals surface area contributed by atoms with E-state index in [1.165, 1.54) is 12.0 Å². The first kappa shape index (κ1) is 28.5. The Morgan fingerprint density at radius 3 is 2.23 bits per heavy atom. The van der Waals surface area contributed by atoms with Crippen LogP contribution in [-0.4, -0.2) is 60.9 Å². The Labute approximate surface area is 232 Å². The topological polar surface area (TPSA) is 154 Å². The van der Waals surface area contributed by atoms with Gasteiger partial charge in [0.05, 0.1) is 29.6 Å². The Hall–Kier alpha value is -4.51. The molecule has 0 saturated heterocycles. The van der Waals surface area contributed by atoms with E-state index < -0.39 is 17.4 Å². The molecule has 10 nitrogen and oxygen atoms in total. The third kappa shape index (κ3) is 5.74. The van der Waals surface area contributed by atoms with Gasteiger partial charge in [0.1, 0.15) is 5.54 Å². The number of esters is 1. The maximum atomic E-state index is 13.2. The highest BCUT2D eigenvalue weighted by atomic mass is 16.5. The number of amides is 2. The largest absolute Gasteiger partial charge is 0.465 e. The Morgan fingerprint density at radius 2 is 1.62 bits per heavy atom. The van der Waals surface area contributed by atoms with E-state index in [0.717, 1.165) is 5.56 Å². The molecule has 2 amide bonds. The quantitative estimate of drug-likeness (QED) is 0.193. The molecule has 40 heavy (non-hydrogen) atoms. The van der Waals surface area contributed by atoms with Crippen LogP contribution >= 0.6 is 0 Å². The third-order valence-corrected chi connectivity index (χ3v) is 6.87. The van der Waals surface area contributed by atoms with E-state index >= 15 is 0 Å². The van der Waals surface area contributed by atoms with Gasteiger partial charge in [0.15, 0.2) is 0 Å². The number of fused-ring (bicyclic) bond motifs is 1. The van der Waals surface area contributed by atoms with Crippen molar-refractivity contribution in [2.75, 3.05) is 42.9 Å². The van der Waals surface area contributed by atoms with E-state index in [0.29, 0.717) is 39.5 Å². The molecule has 10 heteroatoms. The lowest BCUT2D eigenvalue weighted by Gasteiger charge is -2.31. The first-order chi connectivity index (χ1) is 19.2. The number of nitrogens with one attached hydrogen (secondary N) is 2. The molecule has 208 valence electrons. The van der Waals surface area contributed by atoms with Crippen LogP contribution in [0.2, 0.25) is 0 Å². The summed E-state index contributed by atoms with van der Waals surface area (Å²) in [4.78, 5) is 39.7. The van der Waals surface area contributed by atoms with Gasteiger partial charge in [-0.25, -0.2) is 4.79 Å². The molecule has 1 aliphatic heterocycles. The van der Waals surface area contributed by atoms with Crippen LogP contribution in [0.1, 0.15) is 34.3 Å². The monoisotopic (exact) mass is 544 g/mol. The Balaban J connectivity index is 1.68. The number of benzene rings is 3. The number of carbonyl (C=O) groups is 3. The first-order valence-corrected chi connectivity index (χ1v) is 12.7. The lowest BCUT2D eigenvalue weighted by molar-refractivity contribution is -0.124. The second-order valence-corrected chi connectivity index (χ2v) is 9.46. The average Bonchev–Trinajstić information content (AvgIpc) is 3.30. The molecule has 1 aliphatic rings. The summed E-state index contributed by atoms with van der Waals surface area (Å²) in [6.45, 7) is -0.562. The molecule has 1 heterocycles. The highest BCUT2D eigenvalue weighted by Crippen LogP contribution is 2.38. The van der Waals surface area contributed by atoms with Crippen molar-refractivity contribution in [2.45, 2.75) is 18.4 Å². The SMILES string of the molecule is COC(=O)c1ccc2c(c1)NC(=O)C2=C(Nc1ccc(N(C)C(=O)C(N)(CCO)CCO)cc1)c1ccccc1. The van der Waals surface area contributed by atoms with Crippen LogP contribution in [0, 0.1) is 0 Å². The summed E-state index contributed by atoms with van der Waals surface area (Å²) < 4.78 is 4.80. The summed E-state index contributed by atoms with van der Waals surface area (Å²) in [6.07, 6.45) is 0.0457. The van der Waals surface area contributed by atoms with E-state index in [9.17, 15) is 24.6 Å². The number of rotatable bonds is 10. The van der Waals surface area contributed by atoms with Gasteiger partial charge in [-0.05, 0) is 54.8 Å². The van der Waals surface area contributed by atoms with Crippen LogP contribution in [0.4, 0.5) is 17.1 Å². The number of hydrogen-bond donors (Lipinski definition) is 5. The zero-order valence-electron chi connectivity index (χ0n) is 22.3. The van der Waals surface area contributed by atoms with Gasteiger partial charge in [0, 0.05) is 37.2 Å². The van der Waals surface area contributed by atoms with E-state index in [1.807, 2.05) is 30.3 Å². The first-order valence-electron chi connectivity index (χ1n) is 12.7. The number of nitrogens with two attached hydrogens (primary N) is 1. The second-order valence-electron chi connectivity index (χ2n) is 9.46. The second kappa shape index (κ2) is 12.1. The van der Waals surface area contributed by atoms with Gasteiger partial charge < -0.3 is 36.2 Å². The maximum absolute atomic E-state index is 13.2. The molecular formula is C30H32N4O6. The molecule has 0 unspecified atom stereocenters. The minimum absolute atomic E-state index is 0.0229. The molecule has 3 aromatic rings. The lowest BCUT2D eigenvalue weighted by atomic mass is 9.91. The highest BCUT2D eigenvalue weighted by Gasteiger charge is 2.36. The molecule has 0 radical (unpaired) electrons. The van der Waals surface area contributed by atoms with Gasteiger partial charge in [-0.2, -0.15) is 0 Å². The molecule has 0 aliphatic carbocycles. The van der Waals surface area contributed by atoms with Gasteiger partial charge in [0.2, 0.25) is 5.91 Å². The van der Waals surface area contributed by atoms with Crippen molar-refractivity contribution < 1.29 is 29.3 Å². The fraction of sp³-hybridized carbons (Fsp3) is 0.233. The maximum Gasteiger partial charge on any atom is 0.337 e. The number of likely N-dealkylation sites (N-methyl/N-ethyl adjacent to an activating group) is 1. The zero-order chi connectivity index (χ0) is 28.9. The number of carbonyl (C=O) groups excluding carboxylic acids is 3. The summed E-state index contributed by atoms with van der Waals surface area (Å²) in [7, 11) is 2.88. The van der Waals surface area contributed by atoms with E-state index in [2.05, 4.69) is 10.6 Å². The molecule has 6 N–H and O–H groups in total. The predicted molar refractivity (Wildman–Crippen MR) is 153 cm³/mol. The molecule has 3 aromatic carbocycles. The molecule has 0 fully saturated rings. The van der Waals surface area contributed by atoms with Crippen molar-refractivity contribution in [3.63, 3.8) is 0 Å². The van der Waals surface area contributed by atoms with Crippen molar-refractivity contribution in [1.29, 1.82) is 0 Å². The Kier molecular flexibility index (Phi) is 8.64. The van der Waals surface area contributed by atoms with Crippen LogP contribution < -0.4 is 21.3 Å². The summed E-state index contributed by atoms with van der Waals surface area (Å²) in [6, 6.07) is 21.3. The van der Waals surface area contributed by atoms with E-state index in [-0.39, 0.29) is 32.0 Å². The van der Waals surface area contributed by atoms with Crippen molar-refractivity contribution in [3.8, 4) is 0 Å². The van der Waals surface area contributed by atoms with Crippen molar-refractivity contribution in [2.24, 2.45) is 5.73 Å². The molecular weight excluding hydrogens is 512 g/mol. The number of nitrogens with zero attached hydrogens (tertiary/aromatic N) is 1. The Morgan fingerprint density at radius 1 is 0.975 bits per heavy atom. The number of anilines is 3. The third-order valence-electron chi connectivity index (χ3n) is 6.87.